The van der Waals surface area contributed by atoms with Gasteiger partial charge in [-0.3, -0.25) is 0 Å². The molecule has 0 spiro atoms. The van der Waals surface area contributed by atoms with Gasteiger partial charge >= 0.3 is 0 Å². The van der Waals surface area contributed by atoms with E-state index in [0.717, 1.165) is 0 Å². The van der Waals surface area contributed by atoms with Gasteiger partial charge < -0.3 is 9.84 Å². The number of ether oxygens (including phenoxy) is 1. The van der Waals surface area contributed by atoms with Crippen molar-refractivity contribution in [2.24, 2.45) is 5.92 Å². The van der Waals surface area contributed by atoms with Crippen LogP contribution >= 0.6 is 0 Å². The normalized spacial score (nSPS) is 17.5. The molecule has 0 radical (unpaired) electrons. The Kier molecular flexibility index (Phi) is 4.04. The van der Waals surface area contributed by atoms with E-state index < -0.39 is 5.60 Å². The minimum absolute atomic E-state index is 0.195. The van der Waals surface area contributed by atoms with Crippen molar-refractivity contribution in [3.63, 3.8) is 0 Å². The molecule has 0 aromatic heterocycles. The molecule has 2 heteroatoms. The highest BCUT2D eigenvalue weighted by Crippen LogP contribution is 2.16. The molecule has 0 saturated carbocycles. The van der Waals surface area contributed by atoms with Gasteiger partial charge in [-0.1, -0.05) is 13.8 Å². The second-order valence-electron chi connectivity index (χ2n) is 3.87. The van der Waals surface area contributed by atoms with Crippen molar-refractivity contribution in [2.75, 3.05) is 6.61 Å². The van der Waals surface area contributed by atoms with Crippen LogP contribution < -0.4 is 0 Å². The first-order valence-corrected chi connectivity index (χ1v) is 4.20. The molecule has 0 aromatic rings. The largest absolute Gasteiger partial charge is 0.388 e. The van der Waals surface area contributed by atoms with Crippen molar-refractivity contribution in [2.45, 2.75) is 46.3 Å². The summed E-state index contributed by atoms with van der Waals surface area (Å²) in [6.45, 7) is 10.1. The molecule has 0 aromatic carbocycles. The molecule has 0 heterocycles. The Hall–Kier alpha value is -0.0800. The van der Waals surface area contributed by atoms with Crippen molar-refractivity contribution >= 4 is 0 Å². The van der Waals surface area contributed by atoms with E-state index in [4.69, 9.17) is 4.74 Å². The predicted molar refractivity (Wildman–Crippen MR) is 46.5 cm³/mol. The molecule has 11 heavy (non-hydrogen) atoms. The third-order valence-corrected chi connectivity index (χ3v) is 1.95. The summed E-state index contributed by atoms with van der Waals surface area (Å²) in [6.07, 6.45) is 0.195. The molecule has 0 aliphatic heterocycles. The molecule has 2 nitrogen and oxygen atoms in total. The lowest BCUT2D eigenvalue weighted by Crippen LogP contribution is -2.37. The first kappa shape index (κ1) is 10.9. The summed E-state index contributed by atoms with van der Waals surface area (Å²) in [5.74, 6) is 0.237. The maximum absolute atomic E-state index is 9.72. The van der Waals surface area contributed by atoms with Gasteiger partial charge in [0.05, 0.1) is 18.3 Å². The Labute approximate surface area is 69.6 Å². The van der Waals surface area contributed by atoms with E-state index in [1.807, 2.05) is 27.7 Å². The highest BCUT2D eigenvalue weighted by Gasteiger charge is 2.25. The Balaban J connectivity index is 3.73. The maximum atomic E-state index is 9.72. The zero-order valence-corrected chi connectivity index (χ0v) is 8.22. The number of hydrogen-bond donors (Lipinski definition) is 1. The number of aliphatic hydroxyl groups is 1. The smallest absolute Gasteiger partial charge is 0.0875 e. The molecular formula is C9H20O2. The average molecular weight is 160 g/mol. The molecule has 0 aliphatic rings. The Morgan fingerprint density at radius 3 is 2.00 bits per heavy atom. The van der Waals surface area contributed by atoms with Crippen LogP contribution in [0.15, 0.2) is 0 Å². The van der Waals surface area contributed by atoms with E-state index in [1.165, 1.54) is 0 Å². The van der Waals surface area contributed by atoms with Crippen LogP contribution in [0.3, 0.4) is 0 Å². The number of hydrogen-bond acceptors (Lipinski definition) is 2. The molecule has 1 N–H and O–H groups in total. The van der Waals surface area contributed by atoms with Gasteiger partial charge in [-0.25, -0.2) is 0 Å². The summed E-state index contributed by atoms with van der Waals surface area (Å²) >= 11 is 0. The predicted octanol–water partition coefficient (Wildman–Crippen LogP) is 1.82. The van der Waals surface area contributed by atoms with Crippen molar-refractivity contribution < 1.29 is 9.84 Å². The first-order valence-electron chi connectivity index (χ1n) is 4.20. The van der Waals surface area contributed by atoms with E-state index in [2.05, 4.69) is 0 Å². The summed E-state index contributed by atoms with van der Waals surface area (Å²) in [5.41, 5.74) is -0.690. The Morgan fingerprint density at radius 1 is 1.27 bits per heavy atom. The van der Waals surface area contributed by atoms with Gasteiger partial charge in [0.15, 0.2) is 0 Å². The third-order valence-electron chi connectivity index (χ3n) is 1.95. The second kappa shape index (κ2) is 4.07. The summed E-state index contributed by atoms with van der Waals surface area (Å²) in [7, 11) is 0. The highest BCUT2D eigenvalue weighted by atomic mass is 16.5. The minimum Gasteiger partial charge on any atom is -0.388 e. The molecule has 0 fully saturated rings. The standard InChI is InChI=1S/C9H20O2/c1-7(2)9(5,10)6-11-8(3)4/h7-8,10H,6H2,1-5H3. The fraction of sp³-hybridized carbons (Fsp3) is 1.00. The molecular weight excluding hydrogens is 140 g/mol. The molecule has 1 atom stereocenters. The topological polar surface area (TPSA) is 29.5 Å². The molecule has 1 unspecified atom stereocenters. The van der Waals surface area contributed by atoms with E-state index in [0.29, 0.717) is 6.61 Å². The van der Waals surface area contributed by atoms with E-state index in [1.54, 1.807) is 6.92 Å². The van der Waals surface area contributed by atoms with Gasteiger partial charge in [0, 0.05) is 0 Å². The fourth-order valence-corrected chi connectivity index (χ4v) is 0.502. The van der Waals surface area contributed by atoms with E-state index in [9.17, 15) is 5.11 Å². The Bertz CT molecular complexity index is 106. The van der Waals surface area contributed by atoms with Crippen LogP contribution in [0, 0.1) is 5.92 Å². The number of rotatable bonds is 4. The Morgan fingerprint density at radius 2 is 1.73 bits per heavy atom. The zero-order valence-electron chi connectivity index (χ0n) is 8.22. The zero-order chi connectivity index (χ0) is 9.07. The summed E-state index contributed by atoms with van der Waals surface area (Å²) in [6, 6.07) is 0. The molecule has 68 valence electrons. The van der Waals surface area contributed by atoms with Crippen LogP contribution in [0.2, 0.25) is 0 Å². The van der Waals surface area contributed by atoms with Gasteiger partial charge in [0.25, 0.3) is 0 Å². The molecule has 0 saturated heterocycles. The van der Waals surface area contributed by atoms with Gasteiger partial charge in [-0.2, -0.15) is 0 Å². The monoisotopic (exact) mass is 160 g/mol. The van der Waals surface area contributed by atoms with Crippen molar-refractivity contribution in [3.8, 4) is 0 Å². The lowest BCUT2D eigenvalue weighted by atomic mass is 9.94. The summed E-state index contributed by atoms with van der Waals surface area (Å²) < 4.78 is 5.32. The van der Waals surface area contributed by atoms with Crippen LogP contribution in [-0.2, 0) is 4.74 Å². The lowest BCUT2D eigenvalue weighted by Gasteiger charge is -2.28. The summed E-state index contributed by atoms with van der Waals surface area (Å²) in [5, 5.41) is 9.72. The van der Waals surface area contributed by atoms with E-state index in [-0.39, 0.29) is 12.0 Å². The van der Waals surface area contributed by atoms with Gasteiger partial charge in [-0.15, -0.1) is 0 Å². The SMILES string of the molecule is CC(C)OCC(C)(O)C(C)C. The van der Waals surface area contributed by atoms with E-state index >= 15 is 0 Å². The molecule has 0 aliphatic carbocycles. The highest BCUT2D eigenvalue weighted by molar-refractivity contribution is 4.75. The molecule has 0 rings (SSSR count). The van der Waals surface area contributed by atoms with Crippen LogP contribution in [0.4, 0.5) is 0 Å². The molecule has 0 amide bonds. The van der Waals surface area contributed by atoms with Crippen molar-refractivity contribution in [3.05, 3.63) is 0 Å². The van der Waals surface area contributed by atoms with Crippen LogP contribution in [0.5, 0.6) is 0 Å². The first-order chi connectivity index (χ1) is 4.86. The summed E-state index contributed by atoms with van der Waals surface area (Å²) in [4.78, 5) is 0. The second-order valence-corrected chi connectivity index (χ2v) is 3.87. The maximum Gasteiger partial charge on any atom is 0.0875 e. The van der Waals surface area contributed by atoms with Gasteiger partial charge in [0.1, 0.15) is 0 Å². The van der Waals surface area contributed by atoms with Crippen LogP contribution in [0.1, 0.15) is 34.6 Å². The van der Waals surface area contributed by atoms with Crippen LogP contribution in [0.25, 0.3) is 0 Å². The third kappa shape index (κ3) is 4.38. The van der Waals surface area contributed by atoms with Gasteiger partial charge in [-0.05, 0) is 26.7 Å². The lowest BCUT2D eigenvalue weighted by molar-refractivity contribution is -0.0788. The van der Waals surface area contributed by atoms with Gasteiger partial charge in [0.2, 0.25) is 0 Å². The fourth-order valence-electron chi connectivity index (χ4n) is 0.502. The van der Waals surface area contributed by atoms with Crippen molar-refractivity contribution in [1.82, 2.24) is 0 Å². The minimum atomic E-state index is -0.690. The molecule has 0 bridgehead atoms. The average Bonchev–Trinajstić information content (AvgIpc) is 1.84. The van der Waals surface area contributed by atoms with Crippen molar-refractivity contribution in [1.29, 1.82) is 0 Å². The van der Waals surface area contributed by atoms with Crippen LogP contribution in [-0.4, -0.2) is 23.4 Å². The quantitative estimate of drug-likeness (QED) is 0.679.